The lowest BCUT2D eigenvalue weighted by Crippen LogP contribution is -2.77. The van der Waals surface area contributed by atoms with E-state index < -0.39 is 23.6 Å². The van der Waals surface area contributed by atoms with E-state index in [4.69, 9.17) is 16.3 Å². The number of aryl methyl sites for hydroxylation is 1. The number of fused-ring (bicyclic) bond motifs is 2. The molecule has 1 aromatic rings. The van der Waals surface area contributed by atoms with E-state index in [1.165, 1.54) is 5.56 Å². The fourth-order valence-corrected chi connectivity index (χ4v) is 4.96. The van der Waals surface area contributed by atoms with Crippen molar-refractivity contribution in [3.05, 3.63) is 35.9 Å². The Morgan fingerprint density at radius 1 is 1.29 bits per heavy atom. The molecule has 2 N–H and O–H groups in total. The Hall–Kier alpha value is -0.545. The zero-order valence-electron chi connectivity index (χ0n) is 14.8. The lowest BCUT2D eigenvalue weighted by molar-refractivity contribution is -0.304. The number of hydrogen-bond acceptors (Lipinski definition) is 3. The van der Waals surface area contributed by atoms with Gasteiger partial charge in [0.2, 0.25) is 0 Å². The largest absolute Gasteiger partial charge is 0.473 e. The maximum absolute atomic E-state index is 10.9. The quantitative estimate of drug-likeness (QED) is 0.609. The number of aliphatic hydroxyl groups is 1. The summed E-state index contributed by atoms with van der Waals surface area (Å²) in [6.45, 7) is 6.10. The van der Waals surface area contributed by atoms with Crippen molar-refractivity contribution in [3.8, 4) is 0 Å². The van der Waals surface area contributed by atoms with E-state index in [0.717, 1.165) is 19.3 Å². The average Bonchev–Trinajstić information content (AvgIpc) is 2.54. The number of hydrogen-bond donors (Lipinski definition) is 2. The fourth-order valence-electron chi connectivity index (χ4n) is 4.80. The molecule has 3 aliphatic rings. The van der Waals surface area contributed by atoms with Gasteiger partial charge in [0.15, 0.2) is 0 Å². The van der Waals surface area contributed by atoms with Crippen molar-refractivity contribution < 1.29 is 14.8 Å². The first kappa shape index (κ1) is 18.3. The standard InChI is InChI=1S/C19H28BClO3/c1-17(2)15-11-12-18(3,22)19(17,13-15)24-20(23)16(21)10-9-14-7-5-4-6-8-14/h4-8,15-16,22-23H,9-13H2,1-3H3/t15?,16-,18?,19?/m1/s1. The fraction of sp³-hybridized carbons (Fsp3) is 0.684. The summed E-state index contributed by atoms with van der Waals surface area (Å²) < 4.78 is 6.10. The van der Waals surface area contributed by atoms with Crippen molar-refractivity contribution in [1.29, 1.82) is 0 Å². The van der Waals surface area contributed by atoms with Gasteiger partial charge in [-0.15, -0.1) is 11.6 Å². The highest BCUT2D eigenvalue weighted by molar-refractivity contribution is 6.58. The Balaban J connectivity index is 1.64. The molecule has 4 atom stereocenters. The summed E-state index contributed by atoms with van der Waals surface area (Å²) >= 11 is 6.41. The molecule has 3 fully saturated rings. The van der Waals surface area contributed by atoms with Crippen LogP contribution in [-0.2, 0) is 11.1 Å². The molecule has 0 amide bonds. The second kappa shape index (κ2) is 6.32. The molecule has 0 spiro atoms. The highest BCUT2D eigenvalue weighted by Gasteiger charge is 2.71. The molecular formula is C19H28BClO3. The van der Waals surface area contributed by atoms with Gasteiger partial charge >= 0.3 is 7.12 Å². The summed E-state index contributed by atoms with van der Waals surface area (Å²) in [5.41, 5.74) is -0.585. The summed E-state index contributed by atoms with van der Waals surface area (Å²) in [4.78, 5) is 0. The van der Waals surface area contributed by atoms with Crippen LogP contribution >= 0.6 is 11.6 Å². The molecule has 2 bridgehead atoms. The SMILES string of the molecule is CC1(O)CCC2CC1(OB(O)[C@H](Cl)CCc1ccccc1)C2(C)C. The van der Waals surface area contributed by atoms with Crippen LogP contribution in [0.3, 0.4) is 0 Å². The zero-order chi connectivity index (χ0) is 17.6. The molecule has 0 aromatic heterocycles. The van der Waals surface area contributed by atoms with Gasteiger partial charge in [-0.1, -0.05) is 44.2 Å². The third-order valence-electron chi connectivity index (χ3n) is 6.63. The van der Waals surface area contributed by atoms with Crippen molar-refractivity contribution in [2.24, 2.45) is 11.3 Å². The van der Waals surface area contributed by atoms with Crippen LogP contribution in [0.4, 0.5) is 0 Å². The number of alkyl halides is 1. The maximum atomic E-state index is 10.9. The first-order chi connectivity index (χ1) is 11.2. The molecule has 3 aliphatic carbocycles. The predicted octanol–water partition coefficient (Wildman–Crippen LogP) is 3.59. The van der Waals surface area contributed by atoms with Crippen LogP contribution in [0.15, 0.2) is 30.3 Å². The Morgan fingerprint density at radius 2 is 1.96 bits per heavy atom. The minimum atomic E-state index is -1.07. The van der Waals surface area contributed by atoms with Gasteiger partial charge in [0.05, 0.1) is 16.5 Å². The molecule has 24 heavy (non-hydrogen) atoms. The van der Waals surface area contributed by atoms with Crippen molar-refractivity contribution in [1.82, 2.24) is 0 Å². The second-order valence-electron chi connectivity index (χ2n) is 8.31. The lowest BCUT2D eigenvalue weighted by Gasteiger charge is -2.71. The topological polar surface area (TPSA) is 49.7 Å². The van der Waals surface area contributed by atoms with E-state index in [1.54, 1.807) is 0 Å². The molecule has 4 rings (SSSR count). The third kappa shape index (κ3) is 2.82. The smallest absolute Gasteiger partial charge is 0.426 e. The second-order valence-corrected chi connectivity index (χ2v) is 8.87. The summed E-state index contributed by atoms with van der Waals surface area (Å²) in [6.07, 6.45) is 3.95. The van der Waals surface area contributed by atoms with Crippen LogP contribution in [0.25, 0.3) is 0 Å². The number of halogens is 1. The van der Waals surface area contributed by atoms with E-state index in [-0.39, 0.29) is 5.41 Å². The molecule has 0 heterocycles. The molecule has 0 aliphatic heterocycles. The molecule has 3 saturated carbocycles. The normalized spacial score (nSPS) is 35.2. The van der Waals surface area contributed by atoms with Crippen LogP contribution in [0.1, 0.15) is 52.0 Å². The monoisotopic (exact) mass is 350 g/mol. The Kier molecular flexibility index (Phi) is 4.80. The van der Waals surface area contributed by atoms with Crippen molar-refractivity contribution in [3.63, 3.8) is 0 Å². The van der Waals surface area contributed by atoms with Crippen molar-refractivity contribution in [2.45, 2.75) is 69.4 Å². The van der Waals surface area contributed by atoms with Crippen LogP contribution in [0.5, 0.6) is 0 Å². The Morgan fingerprint density at radius 3 is 2.54 bits per heavy atom. The average molecular weight is 351 g/mol. The van der Waals surface area contributed by atoms with Gasteiger partial charge in [0.25, 0.3) is 0 Å². The number of benzene rings is 1. The minimum absolute atomic E-state index is 0.147. The molecule has 3 nitrogen and oxygen atoms in total. The minimum Gasteiger partial charge on any atom is -0.426 e. The lowest BCUT2D eigenvalue weighted by atomic mass is 9.40. The van der Waals surface area contributed by atoms with Crippen LogP contribution in [0, 0.1) is 11.3 Å². The van der Waals surface area contributed by atoms with E-state index in [9.17, 15) is 10.1 Å². The first-order valence-corrected chi connectivity index (χ1v) is 9.39. The molecule has 0 saturated heterocycles. The molecule has 5 heteroatoms. The molecular weight excluding hydrogens is 322 g/mol. The van der Waals surface area contributed by atoms with E-state index in [1.807, 2.05) is 25.1 Å². The highest BCUT2D eigenvalue weighted by Crippen LogP contribution is 2.67. The van der Waals surface area contributed by atoms with Gasteiger partial charge in [-0.05, 0) is 55.9 Å². The predicted molar refractivity (Wildman–Crippen MR) is 97.9 cm³/mol. The first-order valence-electron chi connectivity index (χ1n) is 8.96. The molecule has 1 aromatic carbocycles. The third-order valence-corrected chi connectivity index (χ3v) is 7.06. The van der Waals surface area contributed by atoms with Crippen molar-refractivity contribution in [2.75, 3.05) is 0 Å². The summed E-state index contributed by atoms with van der Waals surface area (Å²) in [7, 11) is -1.07. The maximum Gasteiger partial charge on any atom is 0.473 e. The number of rotatable bonds is 6. The van der Waals surface area contributed by atoms with Gasteiger partial charge in [-0.25, -0.2) is 0 Å². The molecule has 132 valence electrons. The van der Waals surface area contributed by atoms with E-state index in [0.29, 0.717) is 18.8 Å². The Labute approximate surface area is 150 Å². The van der Waals surface area contributed by atoms with Gasteiger partial charge in [-0.3, -0.25) is 0 Å². The van der Waals surface area contributed by atoms with Gasteiger partial charge in [0.1, 0.15) is 0 Å². The van der Waals surface area contributed by atoms with Crippen LogP contribution in [0.2, 0.25) is 0 Å². The van der Waals surface area contributed by atoms with Crippen LogP contribution in [-0.4, -0.2) is 33.7 Å². The summed E-state index contributed by atoms with van der Waals surface area (Å²) in [5.74, 6) is 0.544. The Bertz CT molecular complexity index is 567. The summed E-state index contributed by atoms with van der Waals surface area (Å²) in [6, 6.07) is 10.1. The van der Waals surface area contributed by atoms with Gasteiger partial charge < -0.3 is 14.8 Å². The van der Waals surface area contributed by atoms with Gasteiger partial charge in [0, 0.05) is 0 Å². The molecule has 3 unspecified atom stereocenters. The van der Waals surface area contributed by atoms with E-state index in [2.05, 4.69) is 26.0 Å². The summed E-state index contributed by atoms with van der Waals surface area (Å²) in [5, 5.41) is 21.0. The zero-order valence-corrected chi connectivity index (χ0v) is 15.6. The van der Waals surface area contributed by atoms with E-state index >= 15 is 0 Å². The van der Waals surface area contributed by atoms with Gasteiger partial charge in [-0.2, -0.15) is 0 Å². The van der Waals surface area contributed by atoms with Crippen molar-refractivity contribution >= 4 is 18.7 Å². The highest BCUT2D eigenvalue weighted by atomic mass is 35.5. The molecule has 0 radical (unpaired) electrons. The van der Waals surface area contributed by atoms with Crippen LogP contribution < -0.4 is 0 Å².